The van der Waals surface area contributed by atoms with Gasteiger partial charge in [0.15, 0.2) is 0 Å². The third kappa shape index (κ3) is 3.56. The van der Waals surface area contributed by atoms with Gasteiger partial charge in [-0.15, -0.1) is 0 Å². The molecule has 0 aliphatic heterocycles. The minimum Gasteiger partial charge on any atom is -0.348 e. The fraction of sp³-hybridized carbons (Fsp3) is 0.533. The van der Waals surface area contributed by atoms with Crippen LogP contribution in [0.15, 0.2) is 18.2 Å². The summed E-state index contributed by atoms with van der Waals surface area (Å²) in [6.45, 7) is 1.67. The molecule has 1 aliphatic carbocycles. The van der Waals surface area contributed by atoms with E-state index in [0.29, 0.717) is 5.56 Å². The zero-order valence-corrected chi connectivity index (χ0v) is 12.7. The van der Waals surface area contributed by atoms with Gasteiger partial charge in [0.05, 0.1) is 5.56 Å². The van der Waals surface area contributed by atoms with E-state index in [4.69, 9.17) is 0 Å². The van der Waals surface area contributed by atoms with Crippen molar-refractivity contribution in [2.24, 2.45) is 0 Å². The summed E-state index contributed by atoms with van der Waals surface area (Å²) in [5, 5.41) is 2.97. The molecule has 2 nitrogen and oxygen atoms in total. The number of benzene rings is 1. The highest BCUT2D eigenvalue weighted by Crippen LogP contribution is 2.24. The van der Waals surface area contributed by atoms with Crippen LogP contribution in [0.25, 0.3) is 0 Å². The average Bonchev–Trinajstić information content (AvgIpc) is 2.58. The minimum atomic E-state index is -0.417. The molecular weight excluding hydrogens is 309 g/mol. The number of hydrogen-bond acceptors (Lipinski definition) is 1. The van der Waals surface area contributed by atoms with E-state index in [9.17, 15) is 9.18 Å². The van der Waals surface area contributed by atoms with Crippen LogP contribution in [-0.4, -0.2) is 16.8 Å². The summed E-state index contributed by atoms with van der Waals surface area (Å²) in [5.74, 6) is -0.725. The number of alkyl halides is 1. The summed E-state index contributed by atoms with van der Waals surface area (Å²) < 4.78 is 13.9. The van der Waals surface area contributed by atoms with Crippen LogP contribution in [-0.2, 0) is 0 Å². The number of hydrogen-bond donors (Lipinski definition) is 1. The zero-order chi connectivity index (χ0) is 13.8. The highest BCUT2D eigenvalue weighted by Gasteiger charge is 2.24. The van der Waals surface area contributed by atoms with Gasteiger partial charge >= 0.3 is 0 Å². The van der Waals surface area contributed by atoms with Gasteiger partial charge < -0.3 is 5.32 Å². The highest BCUT2D eigenvalue weighted by atomic mass is 79.9. The maximum Gasteiger partial charge on any atom is 0.254 e. The second-order valence-electron chi connectivity index (χ2n) is 5.17. The van der Waals surface area contributed by atoms with Crippen molar-refractivity contribution >= 4 is 21.8 Å². The number of carbonyl (C=O) groups is 1. The fourth-order valence-corrected chi connectivity index (χ4v) is 3.21. The van der Waals surface area contributed by atoms with Crippen LogP contribution in [0.2, 0.25) is 0 Å². The lowest BCUT2D eigenvalue weighted by atomic mass is 10.1. The molecule has 0 heterocycles. The van der Waals surface area contributed by atoms with E-state index >= 15 is 0 Å². The van der Waals surface area contributed by atoms with E-state index in [1.54, 1.807) is 19.1 Å². The van der Waals surface area contributed by atoms with Crippen LogP contribution in [0, 0.1) is 12.7 Å². The van der Waals surface area contributed by atoms with Crippen molar-refractivity contribution in [3.8, 4) is 0 Å². The van der Waals surface area contributed by atoms with Crippen molar-refractivity contribution in [2.45, 2.75) is 49.9 Å². The molecule has 1 amide bonds. The number of aryl methyl sites for hydroxylation is 1. The Morgan fingerprint density at radius 1 is 1.32 bits per heavy atom. The summed E-state index contributed by atoms with van der Waals surface area (Å²) in [5.41, 5.74) is 0.646. The van der Waals surface area contributed by atoms with Gasteiger partial charge in [-0.1, -0.05) is 47.3 Å². The zero-order valence-electron chi connectivity index (χ0n) is 11.1. The van der Waals surface area contributed by atoms with E-state index in [1.165, 1.54) is 18.9 Å². The Balaban J connectivity index is 2.09. The SMILES string of the molecule is Cc1cccc(C(=O)NC2CCCCCC2Br)c1F. The average molecular weight is 328 g/mol. The minimum absolute atomic E-state index is 0.0925. The number of nitrogens with one attached hydrogen (secondary N) is 1. The predicted molar refractivity (Wildman–Crippen MR) is 78.2 cm³/mol. The standard InChI is InChI=1S/C15H19BrFNO/c1-10-6-5-7-11(14(10)17)15(19)18-13-9-4-2-3-8-12(13)16/h5-7,12-13H,2-4,8-9H2,1H3,(H,18,19). The van der Waals surface area contributed by atoms with E-state index < -0.39 is 5.82 Å². The van der Waals surface area contributed by atoms with Gasteiger partial charge in [0.25, 0.3) is 5.91 Å². The molecule has 104 valence electrons. The van der Waals surface area contributed by atoms with Crippen LogP contribution in [0.5, 0.6) is 0 Å². The number of amides is 1. The number of carbonyl (C=O) groups excluding carboxylic acids is 1. The molecule has 2 atom stereocenters. The van der Waals surface area contributed by atoms with Gasteiger partial charge in [0.1, 0.15) is 5.82 Å². The first-order valence-corrected chi connectivity index (χ1v) is 7.71. The molecule has 2 rings (SSSR count). The molecule has 1 fully saturated rings. The maximum absolute atomic E-state index is 13.9. The number of halogens is 2. The van der Waals surface area contributed by atoms with Crippen molar-refractivity contribution in [3.05, 3.63) is 35.1 Å². The molecule has 0 radical (unpaired) electrons. The molecule has 1 aromatic rings. The Morgan fingerprint density at radius 2 is 2.05 bits per heavy atom. The summed E-state index contributed by atoms with van der Waals surface area (Å²) in [6, 6.07) is 5.02. The van der Waals surface area contributed by atoms with E-state index in [2.05, 4.69) is 21.2 Å². The molecular formula is C15H19BrFNO. The molecule has 19 heavy (non-hydrogen) atoms. The largest absolute Gasteiger partial charge is 0.348 e. The monoisotopic (exact) mass is 327 g/mol. The molecule has 0 aromatic heterocycles. The molecule has 4 heteroatoms. The second-order valence-corrected chi connectivity index (χ2v) is 6.35. The smallest absolute Gasteiger partial charge is 0.254 e. The summed E-state index contributed by atoms with van der Waals surface area (Å²) in [7, 11) is 0. The Bertz CT molecular complexity index is 463. The van der Waals surface area contributed by atoms with Crippen LogP contribution in [0.4, 0.5) is 4.39 Å². The lowest BCUT2D eigenvalue weighted by Gasteiger charge is -2.21. The Labute approximate surface area is 121 Å². The summed E-state index contributed by atoms with van der Waals surface area (Å²) in [4.78, 5) is 12.5. The molecule has 1 saturated carbocycles. The Kier molecular flexibility index (Phi) is 4.97. The third-order valence-corrected chi connectivity index (χ3v) is 4.78. The first kappa shape index (κ1) is 14.5. The Hall–Kier alpha value is -0.900. The lowest BCUT2D eigenvalue weighted by molar-refractivity contribution is 0.0930. The van der Waals surface area contributed by atoms with Gasteiger partial charge in [-0.2, -0.15) is 0 Å². The van der Waals surface area contributed by atoms with Crippen LogP contribution >= 0.6 is 15.9 Å². The van der Waals surface area contributed by atoms with E-state index in [1.807, 2.05) is 0 Å². The van der Waals surface area contributed by atoms with Crippen LogP contribution in [0.1, 0.15) is 48.0 Å². The van der Waals surface area contributed by atoms with Crippen molar-refractivity contribution in [3.63, 3.8) is 0 Å². The molecule has 1 aliphatic rings. The van der Waals surface area contributed by atoms with Gasteiger partial charge in [-0.05, 0) is 31.4 Å². The normalized spacial score (nSPS) is 23.7. The van der Waals surface area contributed by atoms with Crippen LogP contribution < -0.4 is 5.32 Å². The maximum atomic E-state index is 13.9. The highest BCUT2D eigenvalue weighted by molar-refractivity contribution is 9.09. The summed E-state index contributed by atoms with van der Waals surface area (Å²) in [6.07, 6.45) is 5.51. The quantitative estimate of drug-likeness (QED) is 0.646. The topological polar surface area (TPSA) is 29.1 Å². The van der Waals surface area contributed by atoms with Crippen molar-refractivity contribution in [2.75, 3.05) is 0 Å². The van der Waals surface area contributed by atoms with Gasteiger partial charge in [-0.3, -0.25) is 4.79 Å². The van der Waals surface area contributed by atoms with Crippen molar-refractivity contribution in [1.82, 2.24) is 5.32 Å². The second kappa shape index (κ2) is 6.51. The fourth-order valence-electron chi connectivity index (χ4n) is 2.49. The first-order chi connectivity index (χ1) is 9.09. The molecule has 2 unspecified atom stereocenters. The molecule has 1 aromatic carbocycles. The molecule has 0 saturated heterocycles. The lowest BCUT2D eigenvalue weighted by Crippen LogP contribution is -2.40. The summed E-state index contributed by atoms with van der Waals surface area (Å²) >= 11 is 3.63. The van der Waals surface area contributed by atoms with Crippen molar-refractivity contribution < 1.29 is 9.18 Å². The predicted octanol–water partition coefficient (Wildman–Crippen LogP) is 3.96. The van der Waals surface area contributed by atoms with Gasteiger partial charge in [-0.25, -0.2) is 4.39 Å². The molecule has 0 spiro atoms. The molecule has 1 N–H and O–H groups in total. The molecule has 0 bridgehead atoms. The first-order valence-electron chi connectivity index (χ1n) is 6.79. The van der Waals surface area contributed by atoms with E-state index in [-0.39, 0.29) is 22.3 Å². The van der Waals surface area contributed by atoms with Crippen molar-refractivity contribution in [1.29, 1.82) is 0 Å². The van der Waals surface area contributed by atoms with Gasteiger partial charge in [0.2, 0.25) is 0 Å². The third-order valence-electron chi connectivity index (χ3n) is 3.68. The number of rotatable bonds is 2. The Morgan fingerprint density at radius 3 is 2.84 bits per heavy atom. The van der Waals surface area contributed by atoms with Crippen LogP contribution in [0.3, 0.4) is 0 Å². The van der Waals surface area contributed by atoms with E-state index in [0.717, 1.165) is 19.3 Å². The van der Waals surface area contributed by atoms with Gasteiger partial charge in [0, 0.05) is 10.9 Å².